The van der Waals surface area contributed by atoms with Gasteiger partial charge in [-0.05, 0) is 10.8 Å². The van der Waals surface area contributed by atoms with E-state index >= 15 is 0 Å². The minimum atomic E-state index is 0. The molecule has 172 valence electrons. The van der Waals surface area contributed by atoms with Gasteiger partial charge in [-0.15, -0.1) is 40.1 Å². The van der Waals surface area contributed by atoms with E-state index in [4.69, 9.17) is 0 Å². The Morgan fingerprint density at radius 2 is 1.53 bits per heavy atom. The van der Waals surface area contributed by atoms with Gasteiger partial charge in [0, 0.05) is 0 Å². The molecule has 0 bridgehead atoms. The second-order valence-electron chi connectivity index (χ2n) is 10.2. The van der Waals surface area contributed by atoms with E-state index in [1.54, 1.807) is 3.26 Å². The number of benzene rings is 2. The number of allylic oxidation sites excluding steroid dienone is 4. The maximum Gasteiger partial charge on any atom is -0.109 e. The van der Waals surface area contributed by atoms with Crippen molar-refractivity contribution in [1.29, 1.82) is 0 Å². The van der Waals surface area contributed by atoms with Crippen molar-refractivity contribution >= 4 is 24.8 Å². The Morgan fingerprint density at radius 3 is 1.97 bits per heavy atom. The number of rotatable bonds is 0. The van der Waals surface area contributed by atoms with E-state index in [0.717, 1.165) is 6.42 Å². The molecule has 1 aliphatic carbocycles. The first-order valence-corrected chi connectivity index (χ1v) is 12.6. The summed E-state index contributed by atoms with van der Waals surface area (Å²) in [6, 6.07) is 16.0. The summed E-state index contributed by atoms with van der Waals surface area (Å²) in [6.45, 7) is 18.0. The van der Waals surface area contributed by atoms with E-state index in [0.29, 0.717) is 0 Å². The molecule has 32 heavy (non-hydrogen) atoms. The van der Waals surface area contributed by atoms with Crippen molar-refractivity contribution < 1.29 is 48.7 Å². The summed E-state index contributed by atoms with van der Waals surface area (Å²) in [5.41, 5.74) is 3.22. The Balaban J connectivity index is 0.000000739. The van der Waals surface area contributed by atoms with Crippen LogP contribution in [0, 0.1) is 6.08 Å². The molecule has 0 saturated heterocycles. The van der Waals surface area contributed by atoms with Crippen molar-refractivity contribution in [3.63, 3.8) is 0 Å². The van der Waals surface area contributed by atoms with Gasteiger partial charge >= 0.3 is 41.0 Å². The van der Waals surface area contributed by atoms with Gasteiger partial charge in [0.25, 0.3) is 0 Å². The second-order valence-corrected chi connectivity index (χ2v) is 13.8. The van der Waals surface area contributed by atoms with E-state index in [9.17, 15) is 0 Å². The second kappa shape index (κ2) is 13.1. The molecule has 0 heterocycles. The zero-order valence-electron chi connectivity index (χ0n) is 20.7. The van der Waals surface area contributed by atoms with Gasteiger partial charge in [0.05, 0.1) is 0 Å². The first kappa shape index (κ1) is 31.1. The summed E-state index contributed by atoms with van der Waals surface area (Å²) in [5.74, 6) is 0. The van der Waals surface area contributed by atoms with Crippen LogP contribution in [0.2, 0.25) is 0 Å². The molecular formula is C29H36Cl2Hf-2. The Kier molecular flexibility index (Phi) is 12.7. The van der Waals surface area contributed by atoms with Crippen LogP contribution in [0.25, 0.3) is 21.5 Å². The minimum Gasteiger partial charge on any atom is -1.00 e. The van der Waals surface area contributed by atoms with Crippen LogP contribution in [0.15, 0.2) is 60.7 Å². The van der Waals surface area contributed by atoms with Crippen molar-refractivity contribution in [2.24, 2.45) is 0 Å². The molecule has 0 fully saturated rings. The van der Waals surface area contributed by atoms with Gasteiger partial charge in [0.1, 0.15) is 0 Å². The average molecular weight is 634 g/mol. The van der Waals surface area contributed by atoms with Gasteiger partial charge in [0.2, 0.25) is 0 Å². The van der Waals surface area contributed by atoms with Gasteiger partial charge in [-0.3, -0.25) is 6.08 Å². The third-order valence-corrected chi connectivity index (χ3v) is 5.01. The van der Waals surface area contributed by atoms with Gasteiger partial charge in [-0.2, -0.15) is 6.08 Å². The maximum atomic E-state index is 2.99. The zero-order chi connectivity index (χ0) is 22.5. The van der Waals surface area contributed by atoms with Crippen LogP contribution < -0.4 is 24.8 Å². The van der Waals surface area contributed by atoms with Crippen LogP contribution in [0.1, 0.15) is 72.9 Å². The van der Waals surface area contributed by atoms with Crippen molar-refractivity contribution in [2.45, 2.75) is 72.6 Å². The molecule has 0 saturated carbocycles. The van der Waals surface area contributed by atoms with E-state index in [1.165, 1.54) is 56.6 Å². The summed E-state index contributed by atoms with van der Waals surface area (Å²) in [7, 11) is 0. The van der Waals surface area contributed by atoms with Gasteiger partial charge in [-0.25, -0.2) is 12.2 Å². The van der Waals surface area contributed by atoms with E-state index < -0.39 is 0 Å². The zero-order valence-corrected chi connectivity index (χ0v) is 25.8. The molecule has 3 aromatic carbocycles. The van der Waals surface area contributed by atoms with E-state index in [1.807, 2.05) is 12.2 Å². The Hall–Kier alpha value is -0.890. The minimum absolute atomic E-state index is 0. The third-order valence-electron chi connectivity index (χ3n) is 5.01. The fourth-order valence-corrected chi connectivity index (χ4v) is 3.49. The predicted octanol–water partition coefficient (Wildman–Crippen LogP) is 2.37. The van der Waals surface area contributed by atoms with Crippen LogP contribution >= 0.6 is 0 Å². The van der Waals surface area contributed by atoms with Crippen molar-refractivity contribution in [3.8, 4) is 0 Å². The molecule has 0 aromatic heterocycles. The number of halogens is 2. The van der Waals surface area contributed by atoms with Crippen LogP contribution in [-0.4, -0.2) is 3.26 Å². The first-order valence-electron chi connectivity index (χ1n) is 10.8. The molecule has 0 aliphatic heterocycles. The van der Waals surface area contributed by atoms with Gasteiger partial charge < -0.3 is 24.8 Å². The molecule has 0 nitrogen and oxygen atoms in total. The summed E-state index contributed by atoms with van der Waals surface area (Å²) in [5, 5.41) is 5.55. The molecule has 0 atom stereocenters. The monoisotopic (exact) mass is 634 g/mol. The normalized spacial score (nSPS) is 12.3. The fraction of sp³-hybridized carbons (Fsp3) is 0.379. The molecule has 0 N–H and O–H groups in total. The summed E-state index contributed by atoms with van der Waals surface area (Å²) in [4.78, 5) is 0. The quantitative estimate of drug-likeness (QED) is 0.264. The molecule has 0 spiro atoms. The van der Waals surface area contributed by atoms with Crippen LogP contribution in [0.4, 0.5) is 0 Å². The molecule has 1 aliphatic rings. The molecule has 3 heteroatoms. The fourth-order valence-electron chi connectivity index (χ4n) is 3.49. The largest absolute Gasteiger partial charge is 1.00 e. The van der Waals surface area contributed by atoms with E-state index in [2.05, 4.69) is 110 Å². The average Bonchev–Trinajstić information content (AvgIpc) is 3.30. The summed E-state index contributed by atoms with van der Waals surface area (Å²) in [6.07, 6.45) is 10.0. The summed E-state index contributed by atoms with van der Waals surface area (Å²) >= 11 is 1.27. The van der Waals surface area contributed by atoms with Crippen LogP contribution in [0.3, 0.4) is 0 Å². The Bertz CT molecular complexity index is 1060. The van der Waals surface area contributed by atoms with E-state index in [-0.39, 0.29) is 35.6 Å². The molecular weight excluding hydrogens is 598 g/mol. The third kappa shape index (κ3) is 8.81. The molecule has 4 rings (SSSR count). The number of hydrogen-bond donors (Lipinski definition) is 0. The number of hydrogen-bond acceptors (Lipinski definition) is 0. The van der Waals surface area contributed by atoms with Crippen LogP contribution in [0.5, 0.6) is 0 Å². The Morgan fingerprint density at radius 1 is 0.906 bits per heavy atom. The summed E-state index contributed by atoms with van der Waals surface area (Å²) < 4.78 is 1.56. The van der Waals surface area contributed by atoms with Crippen molar-refractivity contribution in [3.05, 3.63) is 77.9 Å². The molecule has 0 radical (unpaired) electrons. The van der Waals surface area contributed by atoms with Gasteiger partial charge in [0.15, 0.2) is 0 Å². The predicted molar refractivity (Wildman–Crippen MR) is 132 cm³/mol. The molecule has 0 unspecified atom stereocenters. The maximum absolute atomic E-state index is 2.99. The number of fused-ring (bicyclic) bond motifs is 3. The molecule has 0 amide bonds. The molecule has 3 aromatic rings. The smallest absolute Gasteiger partial charge is 0.109 e. The van der Waals surface area contributed by atoms with Gasteiger partial charge in [-0.1, -0.05) is 83.0 Å². The first-order chi connectivity index (χ1) is 13.9. The van der Waals surface area contributed by atoms with Crippen molar-refractivity contribution in [1.82, 2.24) is 0 Å². The SMILES string of the molecule is CC(C)(C)c1ccc2[cH-]c3c(C(C)(C)C)cccc3c2c1.C[C](C)=[Hf+2].[C-]1=CC=CC1.[Cl-].[Cl-]. The standard InChI is InChI=1S/C21H25.C5H5.C3H6.2ClH.Hf/c1-20(2,3)15-11-10-14-12-18-16(17(14)13-15)8-7-9-19(18)21(4,5)6;1-2-4-5-3-1;1-3-2;;;/h7-13H,1-6H3;1-3H,4H2;1-2H3;2*1H;/q2*-1;;;;+2/p-2. The van der Waals surface area contributed by atoms with Crippen molar-refractivity contribution in [2.75, 3.05) is 0 Å². The Labute approximate surface area is 222 Å². The topological polar surface area (TPSA) is 0 Å². The van der Waals surface area contributed by atoms with Crippen LogP contribution in [-0.2, 0) is 34.7 Å².